The SMILES string of the molecule is C=CCNc1cc2c(cc1[C@@H]1OC(C)(C)O[C@H]1C=CC(=O)OCC)OCO2. The van der Waals surface area contributed by atoms with Crippen molar-refractivity contribution in [3.05, 3.63) is 42.5 Å². The van der Waals surface area contributed by atoms with E-state index in [0.29, 0.717) is 24.7 Å². The van der Waals surface area contributed by atoms with E-state index in [9.17, 15) is 4.79 Å². The minimum absolute atomic E-state index is 0.180. The topological polar surface area (TPSA) is 75.3 Å². The molecule has 0 aromatic heterocycles. The van der Waals surface area contributed by atoms with Crippen LogP contribution in [0, 0.1) is 0 Å². The summed E-state index contributed by atoms with van der Waals surface area (Å²) in [5.41, 5.74) is 1.69. The number of hydrogen-bond acceptors (Lipinski definition) is 7. The van der Waals surface area contributed by atoms with Gasteiger partial charge < -0.3 is 29.0 Å². The van der Waals surface area contributed by atoms with Crippen molar-refractivity contribution in [1.29, 1.82) is 0 Å². The van der Waals surface area contributed by atoms with Crippen LogP contribution in [0.4, 0.5) is 5.69 Å². The van der Waals surface area contributed by atoms with Crippen LogP contribution in [0.5, 0.6) is 11.5 Å². The molecule has 0 bridgehead atoms. The minimum Gasteiger partial charge on any atom is -0.463 e. The molecule has 0 aliphatic carbocycles. The number of ether oxygens (including phenoxy) is 5. The van der Waals surface area contributed by atoms with Gasteiger partial charge in [-0.2, -0.15) is 0 Å². The number of esters is 1. The molecule has 7 nitrogen and oxygen atoms in total. The van der Waals surface area contributed by atoms with Crippen molar-refractivity contribution in [3.63, 3.8) is 0 Å². The van der Waals surface area contributed by atoms with Crippen LogP contribution in [0.2, 0.25) is 0 Å². The Morgan fingerprint density at radius 1 is 1.33 bits per heavy atom. The van der Waals surface area contributed by atoms with Crippen LogP contribution in [-0.2, 0) is 19.0 Å². The van der Waals surface area contributed by atoms with Crippen molar-refractivity contribution >= 4 is 11.7 Å². The van der Waals surface area contributed by atoms with Crippen molar-refractivity contribution in [2.75, 3.05) is 25.3 Å². The molecule has 0 unspecified atom stereocenters. The summed E-state index contributed by atoms with van der Waals surface area (Å²) in [5, 5.41) is 3.30. The number of fused-ring (bicyclic) bond motifs is 1. The molecule has 2 heterocycles. The Labute approximate surface area is 158 Å². The van der Waals surface area contributed by atoms with Gasteiger partial charge in [-0.3, -0.25) is 0 Å². The molecule has 2 aliphatic rings. The van der Waals surface area contributed by atoms with Crippen LogP contribution in [0.25, 0.3) is 0 Å². The quantitative estimate of drug-likeness (QED) is 0.445. The van der Waals surface area contributed by atoms with E-state index in [1.54, 1.807) is 19.1 Å². The standard InChI is InChI=1S/C20H25NO6/c1-5-9-21-14-11-17-16(24-12-25-17)10-13(14)19-15(26-20(3,4)27-19)7-8-18(22)23-6-2/h5,7-8,10-11,15,19,21H,1,6,9,12H2,2-4H3/t15-,19-/m0/s1. The predicted octanol–water partition coefficient (Wildman–Crippen LogP) is 3.33. The molecule has 1 fully saturated rings. The van der Waals surface area contributed by atoms with Crippen molar-refractivity contribution < 1.29 is 28.5 Å². The summed E-state index contributed by atoms with van der Waals surface area (Å²) in [6.07, 6.45) is 3.90. The molecule has 1 N–H and O–H groups in total. The second-order valence-corrected chi connectivity index (χ2v) is 6.59. The smallest absolute Gasteiger partial charge is 0.330 e. The summed E-state index contributed by atoms with van der Waals surface area (Å²) in [6, 6.07) is 3.76. The molecule has 0 amide bonds. The Kier molecular flexibility index (Phi) is 5.72. The summed E-state index contributed by atoms with van der Waals surface area (Å²) in [4.78, 5) is 11.7. The summed E-state index contributed by atoms with van der Waals surface area (Å²) in [6.45, 7) is 10.2. The van der Waals surface area contributed by atoms with Gasteiger partial charge in [0.15, 0.2) is 17.3 Å². The third-order valence-corrected chi connectivity index (χ3v) is 4.13. The highest BCUT2D eigenvalue weighted by atomic mass is 16.8. The first-order chi connectivity index (χ1) is 12.9. The normalized spacial score (nSPS) is 22.8. The van der Waals surface area contributed by atoms with E-state index in [1.807, 2.05) is 26.0 Å². The minimum atomic E-state index is -0.805. The maximum absolute atomic E-state index is 11.7. The third kappa shape index (κ3) is 4.43. The van der Waals surface area contributed by atoms with Crippen molar-refractivity contribution in [1.82, 2.24) is 0 Å². The zero-order valence-corrected chi connectivity index (χ0v) is 15.8. The molecule has 27 heavy (non-hydrogen) atoms. The molecule has 1 aromatic rings. The Morgan fingerprint density at radius 2 is 2.07 bits per heavy atom. The lowest BCUT2D eigenvalue weighted by atomic mass is 10.0. The second-order valence-electron chi connectivity index (χ2n) is 6.59. The fourth-order valence-electron chi connectivity index (χ4n) is 3.06. The number of hydrogen-bond donors (Lipinski definition) is 1. The lowest BCUT2D eigenvalue weighted by Crippen LogP contribution is -2.20. The van der Waals surface area contributed by atoms with Crippen LogP contribution in [0.3, 0.4) is 0 Å². The molecular formula is C20H25NO6. The number of rotatable bonds is 7. The third-order valence-electron chi connectivity index (χ3n) is 4.13. The second kappa shape index (κ2) is 8.02. The monoisotopic (exact) mass is 375 g/mol. The van der Waals surface area contributed by atoms with E-state index >= 15 is 0 Å². The average molecular weight is 375 g/mol. The van der Waals surface area contributed by atoms with Crippen LogP contribution in [0.1, 0.15) is 32.4 Å². The first kappa shape index (κ1) is 19.3. The number of carbonyl (C=O) groups is 1. The lowest BCUT2D eigenvalue weighted by molar-refractivity contribution is -0.144. The fourth-order valence-corrected chi connectivity index (χ4v) is 3.06. The summed E-state index contributed by atoms with van der Waals surface area (Å²) in [7, 11) is 0. The highest BCUT2D eigenvalue weighted by Crippen LogP contribution is 2.46. The van der Waals surface area contributed by atoms with Gasteiger partial charge in [0, 0.05) is 29.9 Å². The summed E-state index contributed by atoms with van der Waals surface area (Å²) >= 11 is 0. The van der Waals surface area contributed by atoms with Gasteiger partial charge in [-0.25, -0.2) is 4.79 Å². The van der Waals surface area contributed by atoms with Crippen LogP contribution < -0.4 is 14.8 Å². The number of anilines is 1. The molecule has 7 heteroatoms. The molecule has 2 aliphatic heterocycles. The largest absolute Gasteiger partial charge is 0.463 e. The Morgan fingerprint density at radius 3 is 2.78 bits per heavy atom. The van der Waals surface area contributed by atoms with Gasteiger partial charge >= 0.3 is 5.97 Å². The van der Waals surface area contributed by atoms with E-state index in [-0.39, 0.29) is 6.79 Å². The van der Waals surface area contributed by atoms with Crippen LogP contribution in [0.15, 0.2) is 36.9 Å². The van der Waals surface area contributed by atoms with Crippen molar-refractivity contribution in [2.45, 2.75) is 38.8 Å². The summed E-state index contributed by atoms with van der Waals surface area (Å²) < 4.78 is 28.1. The Balaban J connectivity index is 1.93. The first-order valence-corrected chi connectivity index (χ1v) is 8.92. The molecule has 2 atom stereocenters. The predicted molar refractivity (Wildman–Crippen MR) is 99.8 cm³/mol. The molecule has 0 saturated carbocycles. The first-order valence-electron chi connectivity index (χ1n) is 8.92. The van der Waals surface area contributed by atoms with Gasteiger partial charge in [0.05, 0.1) is 6.61 Å². The highest BCUT2D eigenvalue weighted by Gasteiger charge is 2.42. The lowest BCUT2D eigenvalue weighted by Gasteiger charge is -2.20. The van der Waals surface area contributed by atoms with E-state index in [4.69, 9.17) is 23.7 Å². The Hall–Kier alpha value is -2.51. The number of benzene rings is 1. The molecule has 0 spiro atoms. The summed E-state index contributed by atoms with van der Waals surface area (Å²) in [5.74, 6) is 0.0957. The van der Waals surface area contributed by atoms with E-state index < -0.39 is 24.0 Å². The van der Waals surface area contributed by atoms with E-state index in [0.717, 1.165) is 11.3 Å². The maximum atomic E-state index is 11.7. The van der Waals surface area contributed by atoms with E-state index in [1.165, 1.54) is 6.08 Å². The van der Waals surface area contributed by atoms with Gasteiger partial charge in [0.1, 0.15) is 12.2 Å². The highest BCUT2D eigenvalue weighted by molar-refractivity contribution is 5.82. The molecule has 1 aromatic carbocycles. The van der Waals surface area contributed by atoms with E-state index in [2.05, 4.69) is 11.9 Å². The van der Waals surface area contributed by atoms with Crippen molar-refractivity contribution in [3.8, 4) is 11.5 Å². The average Bonchev–Trinajstić information content (AvgIpc) is 3.20. The van der Waals surface area contributed by atoms with Gasteiger partial charge in [-0.15, -0.1) is 6.58 Å². The van der Waals surface area contributed by atoms with Crippen LogP contribution >= 0.6 is 0 Å². The van der Waals surface area contributed by atoms with Gasteiger partial charge in [-0.1, -0.05) is 6.08 Å². The zero-order chi connectivity index (χ0) is 19.4. The molecule has 0 radical (unpaired) electrons. The molecular weight excluding hydrogens is 350 g/mol. The van der Waals surface area contributed by atoms with Gasteiger partial charge in [-0.05, 0) is 32.9 Å². The Bertz CT molecular complexity index is 742. The fraction of sp³-hybridized carbons (Fsp3) is 0.450. The van der Waals surface area contributed by atoms with Gasteiger partial charge in [0.2, 0.25) is 6.79 Å². The maximum Gasteiger partial charge on any atom is 0.330 e. The van der Waals surface area contributed by atoms with Gasteiger partial charge in [0.25, 0.3) is 0 Å². The van der Waals surface area contributed by atoms with Crippen molar-refractivity contribution in [2.24, 2.45) is 0 Å². The molecule has 146 valence electrons. The van der Waals surface area contributed by atoms with Crippen LogP contribution in [-0.4, -0.2) is 37.8 Å². The number of carbonyl (C=O) groups excluding carboxylic acids is 1. The molecule has 3 rings (SSSR count). The molecule has 1 saturated heterocycles. The zero-order valence-electron chi connectivity index (χ0n) is 15.8. The number of nitrogens with one attached hydrogen (secondary N) is 1.